The SMILES string of the molecule is CC1=CC([Si](C)(C)C)=[C-]C1.CC1=CC([Si](C)(C)C)=[C-]C1.C[Si](C)=[Zr+2].[Cl-].[Cl-]. The first-order valence-corrected chi connectivity index (χ1v) is 22.0. The average Bonchev–Trinajstić information content (AvgIpc) is 2.96. The maximum absolute atomic E-state index is 3.43. The molecule has 148 valence electrons. The molecule has 0 heterocycles. The molecule has 0 aliphatic heterocycles. The number of rotatable bonds is 2. The number of allylic oxidation sites excluding steroid dienone is 8. The minimum Gasteiger partial charge on any atom is -1.00 e. The third-order valence-corrected chi connectivity index (χ3v) is 7.39. The Bertz CT molecular complexity index is 525. The van der Waals surface area contributed by atoms with E-state index in [0.717, 1.165) is 12.8 Å². The molecule has 0 atom stereocenters. The molecule has 0 saturated heterocycles. The Morgan fingerprint density at radius 1 is 0.769 bits per heavy atom. The fourth-order valence-corrected chi connectivity index (χ4v) is 4.73. The molecule has 0 saturated carbocycles. The van der Waals surface area contributed by atoms with Crippen molar-refractivity contribution in [1.29, 1.82) is 0 Å². The summed E-state index contributed by atoms with van der Waals surface area (Å²) in [5, 5.41) is 3.01. The molecule has 2 aliphatic rings. The van der Waals surface area contributed by atoms with Crippen molar-refractivity contribution in [3.63, 3.8) is 0 Å². The zero-order chi connectivity index (χ0) is 19.1. The Kier molecular flexibility index (Phi) is 17.2. The Morgan fingerprint density at radius 2 is 1.00 bits per heavy atom. The van der Waals surface area contributed by atoms with E-state index in [-0.39, 0.29) is 30.2 Å². The Hall–Kier alpha value is 1.07. The van der Waals surface area contributed by atoms with Gasteiger partial charge in [0.15, 0.2) is 0 Å². The van der Waals surface area contributed by atoms with E-state index in [1.54, 1.807) is 23.3 Å². The minimum absolute atomic E-state index is 0. The third kappa shape index (κ3) is 15.0. The van der Waals surface area contributed by atoms with Crippen molar-refractivity contribution in [2.75, 3.05) is 0 Å². The molecule has 0 radical (unpaired) electrons. The summed E-state index contributed by atoms with van der Waals surface area (Å²) in [6, 6.07) is 0. The molecule has 6 heteroatoms. The minimum atomic E-state index is -1.04. The van der Waals surface area contributed by atoms with E-state index in [9.17, 15) is 0 Å². The van der Waals surface area contributed by atoms with Crippen molar-refractivity contribution in [2.45, 2.75) is 79.1 Å². The van der Waals surface area contributed by atoms with E-state index in [1.165, 1.54) is 21.5 Å². The largest absolute Gasteiger partial charge is 1.00 e. The van der Waals surface area contributed by atoms with Gasteiger partial charge in [-0.1, -0.05) is 53.1 Å². The van der Waals surface area contributed by atoms with Crippen LogP contribution < -0.4 is 24.8 Å². The van der Waals surface area contributed by atoms with E-state index in [4.69, 9.17) is 0 Å². The predicted molar refractivity (Wildman–Crippen MR) is 114 cm³/mol. The van der Waals surface area contributed by atoms with Crippen LogP contribution in [-0.4, -0.2) is 21.6 Å². The predicted octanol–water partition coefficient (Wildman–Crippen LogP) is 0.679. The van der Waals surface area contributed by atoms with E-state index >= 15 is 0 Å². The van der Waals surface area contributed by atoms with Gasteiger partial charge in [-0.05, 0) is 0 Å². The fourth-order valence-electron chi connectivity index (χ4n) is 2.13. The standard InChI is InChI=1S/2C9H15Si.C2H6Si.2ClH.Zr/c2*1-8-5-6-9(7-8)10(2,3)4;1-3-2;;;/h2*7H,5H2,1-4H3;1-2H3;2*1H;/q2*-1;;;;+2/p-2. The molecular formula is C20H36Cl2Si3Zr-2. The second kappa shape index (κ2) is 14.1. The average molecular weight is 523 g/mol. The van der Waals surface area contributed by atoms with Gasteiger partial charge in [0.2, 0.25) is 0 Å². The number of hydrogen-bond acceptors (Lipinski definition) is 0. The van der Waals surface area contributed by atoms with Gasteiger partial charge in [-0.15, -0.1) is 12.8 Å². The van der Waals surface area contributed by atoms with Crippen molar-refractivity contribution in [2.24, 2.45) is 0 Å². The van der Waals surface area contributed by atoms with Crippen LogP contribution in [0.4, 0.5) is 0 Å². The molecule has 0 bridgehead atoms. The third-order valence-electron chi connectivity index (χ3n) is 3.51. The molecule has 2 rings (SSSR count). The van der Waals surface area contributed by atoms with Crippen LogP contribution in [0, 0.1) is 12.2 Å². The van der Waals surface area contributed by atoms with Crippen molar-refractivity contribution in [3.8, 4) is 0 Å². The van der Waals surface area contributed by atoms with Gasteiger partial charge < -0.3 is 24.8 Å². The van der Waals surface area contributed by atoms with Crippen LogP contribution in [0.25, 0.3) is 0 Å². The summed E-state index contributed by atoms with van der Waals surface area (Å²) in [6.07, 6.45) is 13.6. The van der Waals surface area contributed by atoms with Gasteiger partial charge in [-0.2, -0.15) is 11.1 Å². The van der Waals surface area contributed by atoms with E-state index in [0.29, 0.717) is 0 Å². The molecule has 2 aliphatic carbocycles. The molecule has 0 N–H and O–H groups in total. The summed E-state index contributed by atoms with van der Waals surface area (Å²) in [4.78, 5) is 0. The van der Waals surface area contributed by atoms with Gasteiger partial charge in [-0.25, -0.2) is 22.5 Å². The summed E-state index contributed by atoms with van der Waals surface area (Å²) in [5.41, 5.74) is 3.15. The summed E-state index contributed by atoms with van der Waals surface area (Å²) in [6.45, 7) is 23.2. The molecule has 0 nitrogen and oxygen atoms in total. The zero-order valence-corrected chi connectivity index (χ0v) is 25.3. The molecule has 26 heavy (non-hydrogen) atoms. The fraction of sp³-hybridized carbons (Fsp3) is 0.600. The molecular weight excluding hydrogens is 487 g/mol. The Balaban J connectivity index is -0.000000319. The van der Waals surface area contributed by atoms with Gasteiger partial charge in [0.05, 0.1) is 0 Å². The first-order valence-electron chi connectivity index (χ1n) is 8.82. The molecule has 0 unspecified atom stereocenters. The van der Waals surface area contributed by atoms with E-state index in [1.807, 2.05) is 0 Å². The van der Waals surface area contributed by atoms with Gasteiger partial charge in [0.1, 0.15) is 0 Å². The van der Waals surface area contributed by atoms with Crippen LogP contribution in [0.5, 0.6) is 0 Å². The Morgan fingerprint density at radius 3 is 1.08 bits per heavy atom. The van der Waals surface area contributed by atoms with Gasteiger partial charge in [-0.3, -0.25) is 12.2 Å². The van der Waals surface area contributed by atoms with E-state index < -0.39 is 16.1 Å². The maximum atomic E-state index is 3.43. The first kappa shape index (κ1) is 31.8. The molecule has 0 spiro atoms. The van der Waals surface area contributed by atoms with Gasteiger partial charge >= 0.3 is 41.9 Å². The molecule has 0 amide bonds. The number of halogens is 2. The molecule has 0 aromatic heterocycles. The van der Waals surface area contributed by atoms with Crippen LogP contribution in [0.2, 0.25) is 52.4 Å². The normalized spacial score (nSPS) is 15.5. The maximum Gasteiger partial charge on any atom is -1.00 e. The van der Waals surface area contributed by atoms with Crippen molar-refractivity contribution < 1.29 is 48.1 Å². The van der Waals surface area contributed by atoms with Crippen molar-refractivity contribution in [1.82, 2.24) is 0 Å². The van der Waals surface area contributed by atoms with Crippen LogP contribution in [0.1, 0.15) is 26.7 Å². The second-order valence-electron chi connectivity index (χ2n) is 9.02. The quantitative estimate of drug-likeness (QED) is 0.370. The molecule has 0 aromatic carbocycles. The summed E-state index contributed by atoms with van der Waals surface area (Å²) >= 11 is 1.74. The molecule has 0 fully saturated rings. The van der Waals surface area contributed by atoms with Crippen molar-refractivity contribution >= 4 is 21.6 Å². The summed E-state index contributed by atoms with van der Waals surface area (Å²) in [5.74, 6) is 0. The monoisotopic (exact) mass is 520 g/mol. The van der Waals surface area contributed by atoms with Crippen molar-refractivity contribution in [3.05, 3.63) is 45.8 Å². The van der Waals surface area contributed by atoms with Crippen LogP contribution in [0.3, 0.4) is 0 Å². The van der Waals surface area contributed by atoms with Crippen LogP contribution >= 0.6 is 0 Å². The summed E-state index contributed by atoms with van der Waals surface area (Å²) in [7, 11) is -2.07. The smallest absolute Gasteiger partial charge is 1.00 e. The van der Waals surface area contributed by atoms with Gasteiger partial charge in [0, 0.05) is 16.1 Å². The summed E-state index contributed by atoms with van der Waals surface area (Å²) < 4.78 is 0. The van der Waals surface area contributed by atoms with Gasteiger partial charge in [0.25, 0.3) is 0 Å². The zero-order valence-electron chi connectivity index (χ0n) is 18.3. The van der Waals surface area contributed by atoms with Crippen LogP contribution in [-0.2, 0) is 23.3 Å². The van der Waals surface area contributed by atoms with E-state index in [2.05, 4.69) is 90.5 Å². The Labute approximate surface area is 193 Å². The first-order chi connectivity index (χ1) is 10.7. The van der Waals surface area contributed by atoms with Crippen LogP contribution in [0.15, 0.2) is 33.7 Å². The topological polar surface area (TPSA) is 0 Å². The number of hydrogen-bond donors (Lipinski definition) is 0. The molecule has 0 aromatic rings. The second-order valence-corrected chi connectivity index (χ2v) is 28.5.